The number of sulfone groups is 1. The van der Waals surface area contributed by atoms with Crippen LogP contribution in [0.3, 0.4) is 0 Å². The second kappa shape index (κ2) is 9.24. The van der Waals surface area contributed by atoms with Crippen molar-refractivity contribution in [1.29, 1.82) is 5.26 Å². The first-order chi connectivity index (χ1) is 17.0. The van der Waals surface area contributed by atoms with Gasteiger partial charge in [0.1, 0.15) is 28.7 Å². The van der Waals surface area contributed by atoms with Crippen LogP contribution in [0.2, 0.25) is 0 Å². The molecular weight excluding hydrogens is 484 g/mol. The van der Waals surface area contributed by atoms with E-state index in [1.165, 1.54) is 20.7 Å². The van der Waals surface area contributed by atoms with Gasteiger partial charge in [-0.2, -0.15) is 5.26 Å². The van der Waals surface area contributed by atoms with Gasteiger partial charge in [-0.1, -0.05) is 13.8 Å². The molecule has 12 heteroatoms. The monoisotopic (exact) mass is 506 g/mol. The van der Waals surface area contributed by atoms with Crippen LogP contribution in [0.15, 0.2) is 41.4 Å². The van der Waals surface area contributed by atoms with Gasteiger partial charge < -0.3 is 19.7 Å². The van der Waals surface area contributed by atoms with Gasteiger partial charge in [0.25, 0.3) is 0 Å². The van der Waals surface area contributed by atoms with Crippen molar-refractivity contribution in [3.8, 4) is 23.1 Å². The van der Waals surface area contributed by atoms with Crippen LogP contribution in [0.4, 0.5) is 21.7 Å². The quantitative estimate of drug-likeness (QED) is 0.380. The molecule has 0 atom stereocenters. The molecule has 1 aromatic heterocycles. The van der Waals surface area contributed by atoms with Gasteiger partial charge in [0.05, 0.1) is 24.1 Å². The Morgan fingerprint density at radius 3 is 2.69 bits per heavy atom. The summed E-state index contributed by atoms with van der Waals surface area (Å²) in [7, 11) is -1.04. The summed E-state index contributed by atoms with van der Waals surface area (Å²) in [5.41, 5.74) is 3.00. The summed E-state index contributed by atoms with van der Waals surface area (Å²) in [6.07, 6.45) is 3.12. The largest absolute Gasteiger partial charge is 0.495 e. The van der Waals surface area contributed by atoms with Gasteiger partial charge in [-0.05, 0) is 23.8 Å². The number of carbonyl (C=O) groups excluding carboxylic acids is 1. The maximum atomic E-state index is 14.5. The molecule has 0 spiro atoms. The molecule has 0 aliphatic carbocycles. The van der Waals surface area contributed by atoms with E-state index in [1.807, 2.05) is 19.9 Å². The number of halogens is 1. The number of methoxy groups -OCH3 is 1. The van der Waals surface area contributed by atoms with Crippen LogP contribution in [-0.2, 0) is 20.0 Å². The van der Waals surface area contributed by atoms with Gasteiger partial charge in [0, 0.05) is 47.8 Å². The van der Waals surface area contributed by atoms with Crippen molar-refractivity contribution >= 4 is 40.8 Å². The van der Waals surface area contributed by atoms with Gasteiger partial charge in [-0.15, -0.1) is 0 Å². The van der Waals surface area contributed by atoms with E-state index in [2.05, 4.69) is 21.4 Å². The molecule has 0 amide bonds. The molecule has 4 rings (SSSR count). The first-order valence-corrected chi connectivity index (χ1v) is 12.7. The summed E-state index contributed by atoms with van der Waals surface area (Å²) in [6, 6.07) is 9.62. The molecule has 183 valence electrons. The molecule has 3 aromatic rings. The fraction of sp³-hybridized carbons (Fsp3) is 0.250. The predicted molar refractivity (Wildman–Crippen MR) is 134 cm³/mol. The number of anilines is 3. The molecule has 1 N–H and O–H groups in total. The number of nitriles is 1. The highest BCUT2D eigenvalue weighted by molar-refractivity contribution is 7.90. The van der Waals surface area contributed by atoms with E-state index in [0.717, 1.165) is 24.0 Å². The number of aromatic nitrogens is 2. The van der Waals surface area contributed by atoms with Crippen LogP contribution in [0.1, 0.15) is 25.0 Å². The fourth-order valence-corrected chi connectivity index (χ4v) is 5.00. The summed E-state index contributed by atoms with van der Waals surface area (Å²) in [4.78, 5) is 21.1. The van der Waals surface area contributed by atoms with E-state index in [1.54, 1.807) is 16.9 Å². The first-order valence-electron chi connectivity index (χ1n) is 10.8. The second-order valence-corrected chi connectivity index (χ2v) is 11.0. The Kier molecular flexibility index (Phi) is 6.45. The molecule has 2 heterocycles. The van der Waals surface area contributed by atoms with Gasteiger partial charge in [-0.25, -0.2) is 22.8 Å². The summed E-state index contributed by atoms with van der Waals surface area (Å²) in [5.74, 6) is -0.719. The van der Waals surface area contributed by atoms with Crippen molar-refractivity contribution < 1.29 is 22.3 Å². The lowest BCUT2D eigenvalue weighted by Crippen LogP contribution is -2.32. The minimum atomic E-state index is -3.79. The Labute approximate surface area is 209 Å². The second-order valence-electron chi connectivity index (χ2n) is 8.97. The Balaban J connectivity index is 1.75. The van der Waals surface area contributed by atoms with Crippen LogP contribution < -0.4 is 14.9 Å². The van der Waals surface area contributed by atoms with Gasteiger partial charge in [0.15, 0.2) is 9.84 Å². The molecule has 0 saturated heterocycles. The molecule has 0 saturated carbocycles. The summed E-state index contributed by atoms with van der Waals surface area (Å²) in [6.45, 7) is 4.61. The average Bonchev–Trinajstić information content (AvgIpc) is 3.08. The van der Waals surface area contributed by atoms with E-state index in [-0.39, 0.29) is 22.8 Å². The van der Waals surface area contributed by atoms with Gasteiger partial charge in [0.2, 0.25) is 5.95 Å². The van der Waals surface area contributed by atoms with Crippen LogP contribution in [0, 0.1) is 17.1 Å². The molecule has 2 aromatic carbocycles. The number of nitrogens with one attached hydrogen (secondary N) is 1. The molecule has 9 nitrogen and oxygen atoms in total. The number of fused-ring (bicyclic) bond motifs is 1. The van der Waals surface area contributed by atoms with Crippen molar-refractivity contribution in [2.75, 3.05) is 30.0 Å². The average molecular weight is 506 g/mol. The van der Waals surface area contributed by atoms with E-state index in [9.17, 15) is 22.9 Å². The summed E-state index contributed by atoms with van der Waals surface area (Å²) in [5, 5.41) is 12.7. The van der Waals surface area contributed by atoms with Gasteiger partial charge >= 0.3 is 7.41 Å². The maximum absolute atomic E-state index is 14.5. The fourth-order valence-electron chi connectivity index (χ4n) is 4.27. The molecule has 1 radical (unpaired) electrons. The predicted octanol–water partition coefficient (Wildman–Crippen LogP) is 3.22. The highest BCUT2D eigenvalue weighted by Gasteiger charge is 2.37. The van der Waals surface area contributed by atoms with E-state index >= 15 is 0 Å². The smallest absolute Gasteiger partial charge is 0.329 e. The Morgan fingerprint density at radius 2 is 2.06 bits per heavy atom. The van der Waals surface area contributed by atoms with Gasteiger partial charge in [-0.3, -0.25) is 0 Å². The molecular formula is C24H22BFN5O4S. The summed E-state index contributed by atoms with van der Waals surface area (Å²) < 4.78 is 43.4. The Bertz CT molecular complexity index is 1520. The standard InChI is InChI=1S/C24H22BFN5O4S/c1-24(2)12-31(25-13-32)22-15(11-27)7-14(8-16(22)24)18-5-6-28-23(29-18)30-19-9-17(26)21(36(4,33)34)10-20(19)35-3/h5-10,13H,12H2,1-4H3,(H,28,29,30). The zero-order valence-corrected chi connectivity index (χ0v) is 20.9. The zero-order valence-electron chi connectivity index (χ0n) is 20.0. The summed E-state index contributed by atoms with van der Waals surface area (Å²) >= 11 is 0. The number of benzene rings is 2. The van der Waals surface area contributed by atoms with Crippen molar-refractivity contribution in [3.05, 3.63) is 53.5 Å². The third-order valence-electron chi connectivity index (χ3n) is 5.90. The zero-order chi connectivity index (χ0) is 26.3. The number of hydrogen-bond donors (Lipinski definition) is 1. The number of carbonyl (C=O) groups is 1. The van der Waals surface area contributed by atoms with Crippen LogP contribution in [-0.4, -0.2) is 51.9 Å². The molecule has 0 fully saturated rings. The van der Waals surface area contributed by atoms with Crippen molar-refractivity contribution in [2.24, 2.45) is 0 Å². The SMILES string of the molecule is COc1cc(S(C)(=O)=O)c(F)cc1Nc1nccc(-c2cc(C#N)c3c(c2)C(C)(C)CN3[B]C=O)n1. The topological polar surface area (TPSA) is 125 Å². The molecule has 1 aliphatic heterocycles. The minimum Gasteiger partial charge on any atom is -0.495 e. The lowest BCUT2D eigenvalue weighted by atomic mass is 9.84. The highest BCUT2D eigenvalue weighted by Crippen LogP contribution is 2.44. The van der Waals surface area contributed by atoms with Crippen molar-refractivity contribution in [2.45, 2.75) is 24.2 Å². The van der Waals surface area contributed by atoms with E-state index in [4.69, 9.17) is 4.74 Å². The number of nitrogens with zero attached hydrogens (tertiary/aromatic N) is 4. The van der Waals surface area contributed by atoms with E-state index in [0.29, 0.717) is 35.2 Å². The highest BCUT2D eigenvalue weighted by atomic mass is 32.2. The Hall–Kier alpha value is -3.98. The minimum absolute atomic E-state index is 0.100. The molecule has 36 heavy (non-hydrogen) atoms. The Morgan fingerprint density at radius 1 is 1.31 bits per heavy atom. The van der Waals surface area contributed by atoms with Crippen LogP contribution >= 0.6 is 0 Å². The van der Waals surface area contributed by atoms with Crippen LogP contribution in [0.25, 0.3) is 11.3 Å². The lowest BCUT2D eigenvalue weighted by Gasteiger charge is -2.20. The van der Waals surface area contributed by atoms with Crippen molar-refractivity contribution in [3.63, 3.8) is 0 Å². The van der Waals surface area contributed by atoms with Crippen LogP contribution in [0.5, 0.6) is 5.75 Å². The number of hydrogen-bond acceptors (Lipinski definition) is 9. The van der Waals surface area contributed by atoms with Crippen molar-refractivity contribution in [1.82, 2.24) is 9.97 Å². The normalized spacial score (nSPS) is 14.1. The third-order valence-corrected chi connectivity index (χ3v) is 7.02. The maximum Gasteiger partial charge on any atom is 0.329 e. The van der Waals surface area contributed by atoms with E-state index < -0.39 is 20.5 Å². The lowest BCUT2D eigenvalue weighted by molar-refractivity contribution is 0.413. The first kappa shape index (κ1) is 25.1. The number of ether oxygens (including phenoxy) is 1. The number of rotatable bonds is 7. The molecule has 0 unspecified atom stereocenters. The molecule has 1 aliphatic rings. The third kappa shape index (κ3) is 4.62. The molecule has 0 bridgehead atoms.